The van der Waals surface area contributed by atoms with Gasteiger partial charge < -0.3 is 5.73 Å². The van der Waals surface area contributed by atoms with Crippen molar-refractivity contribution in [3.05, 3.63) is 29.8 Å². The Hall–Kier alpha value is -1.40. The van der Waals surface area contributed by atoms with E-state index in [4.69, 9.17) is 5.73 Å². The monoisotopic (exact) mass is 164 g/mol. The van der Waals surface area contributed by atoms with E-state index in [0.717, 1.165) is 0 Å². The second-order valence-electron chi connectivity index (χ2n) is 2.20. The lowest BCUT2D eigenvalue weighted by molar-refractivity contribution is 0.625. The Balaban J connectivity index is 2.71. The summed E-state index contributed by atoms with van der Waals surface area (Å²) in [6, 6.07) is 2.58. The molecule has 0 radical (unpaired) electrons. The Morgan fingerprint density at radius 1 is 1.58 bits per heavy atom. The molecule has 0 unspecified atom stereocenters. The van der Waals surface area contributed by atoms with Gasteiger partial charge in [0.25, 0.3) is 0 Å². The number of hydrogen-bond donors (Lipinski definition) is 1. The van der Waals surface area contributed by atoms with Crippen LogP contribution in [-0.4, -0.2) is 11.5 Å². The summed E-state index contributed by atoms with van der Waals surface area (Å²) in [6.07, 6.45) is 2.00. The van der Waals surface area contributed by atoms with E-state index in [1.54, 1.807) is 0 Å². The van der Waals surface area contributed by atoms with Crippen LogP contribution in [0.25, 0.3) is 0 Å². The minimum absolute atomic E-state index is 0.318. The van der Waals surface area contributed by atoms with Crippen molar-refractivity contribution in [3.63, 3.8) is 0 Å². The standard InChI is InChI=1S/C9H9FN2/c10-8-4-6-12-9(7-8)3-1-2-5-11/h4,6-7H,2,5,11H2. The number of aromatic nitrogens is 1. The lowest BCUT2D eigenvalue weighted by Gasteiger charge is -1.88. The molecule has 2 N–H and O–H groups in total. The average Bonchev–Trinajstić information content (AvgIpc) is 2.05. The van der Waals surface area contributed by atoms with Crippen LogP contribution in [0.1, 0.15) is 12.1 Å². The quantitative estimate of drug-likeness (QED) is 0.627. The summed E-state index contributed by atoms with van der Waals surface area (Å²) in [6.45, 7) is 0.516. The second-order valence-corrected chi connectivity index (χ2v) is 2.20. The molecule has 0 amide bonds. The molecule has 3 heteroatoms. The number of halogens is 1. The Labute approximate surface area is 70.6 Å². The van der Waals surface area contributed by atoms with Gasteiger partial charge in [0.1, 0.15) is 11.5 Å². The molecule has 0 aliphatic rings. The van der Waals surface area contributed by atoms with Crippen molar-refractivity contribution in [1.82, 2.24) is 4.98 Å². The maximum Gasteiger partial charge on any atom is 0.127 e. The number of nitrogens with zero attached hydrogens (tertiary/aromatic N) is 1. The molecule has 1 heterocycles. The van der Waals surface area contributed by atoms with Gasteiger partial charge in [0.05, 0.1) is 0 Å². The van der Waals surface area contributed by atoms with E-state index in [0.29, 0.717) is 18.7 Å². The number of pyridine rings is 1. The molecule has 0 bridgehead atoms. The first-order valence-electron chi connectivity index (χ1n) is 3.63. The van der Waals surface area contributed by atoms with E-state index in [9.17, 15) is 4.39 Å². The molecule has 62 valence electrons. The van der Waals surface area contributed by atoms with Crippen LogP contribution in [0.2, 0.25) is 0 Å². The maximum absolute atomic E-state index is 12.5. The van der Waals surface area contributed by atoms with Gasteiger partial charge in [0.15, 0.2) is 0 Å². The molecule has 1 aromatic heterocycles. The predicted molar refractivity (Wildman–Crippen MR) is 44.7 cm³/mol. The molecule has 0 aromatic carbocycles. The minimum Gasteiger partial charge on any atom is -0.330 e. The SMILES string of the molecule is NCCC#Cc1cc(F)ccn1. The number of nitrogens with two attached hydrogens (primary N) is 1. The molecule has 0 fully saturated rings. The molecule has 1 aromatic rings. The molecule has 0 saturated carbocycles. The molecule has 0 saturated heterocycles. The largest absolute Gasteiger partial charge is 0.330 e. The van der Waals surface area contributed by atoms with Crippen LogP contribution in [0.15, 0.2) is 18.3 Å². The third-order valence-corrected chi connectivity index (χ3v) is 1.21. The molecule has 0 atom stereocenters. The fourth-order valence-electron chi connectivity index (χ4n) is 0.698. The normalized spacial score (nSPS) is 8.83. The molecule has 0 spiro atoms. The third kappa shape index (κ3) is 2.69. The lowest BCUT2D eigenvalue weighted by Crippen LogP contribution is -1.95. The van der Waals surface area contributed by atoms with Crippen molar-refractivity contribution in [2.45, 2.75) is 6.42 Å². The van der Waals surface area contributed by atoms with Crippen molar-refractivity contribution in [2.24, 2.45) is 5.73 Å². The Kier molecular flexibility index (Phi) is 3.24. The van der Waals surface area contributed by atoms with Crippen molar-refractivity contribution in [2.75, 3.05) is 6.54 Å². The highest BCUT2D eigenvalue weighted by molar-refractivity contribution is 5.27. The highest BCUT2D eigenvalue weighted by Crippen LogP contribution is 1.96. The van der Waals surface area contributed by atoms with Gasteiger partial charge in [-0.15, -0.1) is 0 Å². The summed E-state index contributed by atoms with van der Waals surface area (Å²) in [7, 11) is 0. The van der Waals surface area contributed by atoms with Gasteiger partial charge in [-0.25, -0.2) is 9.37 Å². The van der Waals surface area contributed by atoms with Gasteiger partial charge in [-0.3, -0.25) is 0 Å². The van der Waals surface area contributed by atoms with Crippen molar-refractivity contribution in [1.29, 1.82) is 0 Å². The van der Waals surface area contributed by atoms with Gasteiger partial charge in [-0.05, 0) is 12.0 Å². The number of rotatable bonds is 1. The highest BCUT2D eigenvalue weighted by atomic mass is 19.1. The highest BCUT2D eigenvalue weighted by Gasteiger charge is 1.90. The van der Waals surface area contributed by atoms with E-state index < -0.39 is 0 Å². The molecule has 2 nitrogen and oxygen atoms in total. The van der Waals surface area contributed by atoms with Gasteiger partial charge >= 0.3 is 0 Å². The fourth-order valence-corrected chi connectivity index (χ4v) is 0.698. The average molecular weight is 164 g/mol. The summed E-state index contributed by atoms with van der Waals surface area (Å²) >= 11 is 0. The predicted octanol–water partition coefficient (Wildman–Crippen LogP) is 0.921. The summed E-state index contributed by atoms with van der Waals surface area (Å²) in [5.74, 6) is 5.16. The Morgan fingerprint density at radius 3 is 3.08 bits per heavy atom. The first kappa shape index (κ1) is 8.69. The van der Waals surface area contributed by atoms with Crippen LogP contribution in [0, 0.1) is 17.7 Å². The zero-order chi connectivity index (χ0) is 8.81. The molecule has 0 aliphatic heterocycles. The Morgan fingerprint density at radius 2 is 2.42 bits per heavy atom. The van der Waals surface area contributed by atoms with E-state index in [1.807, 2.05) is 0 Å². The van der Waals surface area contributed by atoms with Crippen LogP contribution in [-0.2, 0) is 0 Å². The van der Waals surface area contributed by atoms with Crippen LogP contribution in [0.5, 0.6) is 0 Å². The smallest absolute Gasteiger partial charge is 0.127 e. The zero-order valence-corrected chi connectivity index (χ0v) is 6.55. The molecular weight excluding hydrogens is 155 g/mol. The van der Waals surface area contributed by atoms with Gasteiger partial charge in [-0.1, -0.05) is 5.92 Å². The van der Waals surface area contributed by atoms with Crippen molar-refractivity contribution in [3.8, 4) is 11.8 Å². The van der Waals surface area contributed by atoms with Crippen LogP contribution in [0.3, 0.4) is 0 Å². The van der Waals surface area contributed by atoms with E-state index in [-0.39, 0.29) is 5.82 Å². The van der Waals surface area contributed by atoms with E-state index in [2.05, 4.69) is 16.8 Å². The summed E-state index contributed by atoms with van der Waals surface area (Å²) in [5.41, 5.74) is 5.67. The van der Waals surface area contributed by atoms with E-state index >= 15 is 0 Å². The summed E-state index contributed by atoms with van der Waals surface area (Å²) in [4.78, 5) is 3.86. The first-order valence-corrected chi connectivity index (χ1v) is 3.63. The first-order chi connectivity index (χ1) is 5.83. The second kappa shape index (κ2) is 4.47. The number of hydrogen-bond acceptors (Lipinski definition) is 2. The topological polar surface area (TPSA) is 38.9 Å². The fraction of sp³-hybridized carbons (Fsp3) is 0.222. The van der Waals surface area contributed by atoms with Gasteiger partial charge in [-0.2, -0.15) is 0 Å². The van der Waals surface area contributed by atoms with Crippen LogP contribution >= 0.6 is 0 Å². The third-order valence-electron chi connectivity index (χ3n) is 1.21. The zero-order valence-electron chi connectivity index (χ0n) is 6.55. The van der Waals surface area contributed by atoms with Gasteiger partial charge in [0.2, 0.25) is 0 Å². The molecule has 0 aliphatic carbocycles. The summed E-state index contributed by atoms with van der Waals surface area (Å²) in [5, 5.41) is 0. The van der Waals surface area contributed by atoms with Crippen LogP contribution < -0.4 is 5.73 Å². The molecule has 12 heavy (non-hydrogen) atoms. The Bertz CT molecular complexity index is 312. The summed E-state index contributed by atoms with van der Waals surface area (Å²) < 4.78 is 12.5. The molecular formula is C9H9FN2. The van der Waals surface area contributed by atoms with Crippen LogP contribution in [0.4, 0.5) is 4.39 Å². The molecule has 1 rings (SSSR count). The maximum atomic E-state index is 12.5. The van der Waals surface area contributed by atoms with Crippen molar-refractivity contribution >= 4 is 0 Å². The minimum atomic E-state index is -0.318. The lowest BCUT2D eigenvalue weighted by atomic mass is 10.3. The van der Waals surface area contributed by atoms with Crippen molar-refractivity contribution < 1.29 is 4.39 Å². The van der Waals surface area contributed by atoms with Gasteiger partial charge in [0, 0.05) is 25.2 Å². The van der Waals surface area contributed by atoms with E-state index in [1.165, 1.54) is 18.3 Å².